The number of aromatic nitrogens is 1. The lowest BCUT2D eigenvalue weighted by Gasteiger charge is -2.24. The summed E-state index contributed by atoms with van der Waals surface area (Å²) in [5.74, 6) is -1.19. The second-order valence-electron chi connectivity index (χ2n) is 10.6. The van der Waals surface area contributed by atoms with Crippen molar-refractivity contribution in [3.8, 4) is 0 Å². The van der Waals surface area contributed by atoms with Gasteiger partial charge in [-0.25, -0.2) is 0 Å². The minimum atomic E-state index is -0.910. The van der Waals surface area contributed by atoms with E-state index in [1.165, 1.54) is 26.3 Å². The first-order valence-electron chi connectivity index (χ1n) is 14.7. The van der Waals surface area contributed by atoms with Gasteiger partial charge < -0.3 is 20.7 Å². The molecule has 8 heteroatoms. The van der Waals surface area contributed by atoms with Gasteiger partial charge in [-0.3, -0.25) is 19.4 Å². The summed E-state index contributed by atoms with van der Waals surface area (Å²) >= 11 is 0. The summed E-state index contributed by atoms with van der Waals surface area (Å²) in [4.78, 5) is 43.8. The molecule has 0 radical (unpaired) electrons. The maximum Gasteiger partial charge on any atom is 0.244 e. The van der Waals surface area contributed by atoms with E-state index in [4.69, 9.17) is 4.74 Å². The first-order valence-corrected chi connectivity index (χ1v) is 14.7. The van der Waals surface area contributed by atoms with Crippen molar-refractivity contribution < 1.29 is 19.1 Å². The molecule has 3 atom stereocenters. The van der Waals surface area contributed by atoms with Crippen LogP contribution in [0, 0.1) is 5.92 Å². The molecule has 41 heavy (non-hydrogen) atoms. The van der Waals surface area contributed by atoms with E-state index >= 15 is 0 Å². The van der Waals surface area contributed by atoms with Crippen LogP contribution in [0.15, 0.2) is 66.9 Å². The van der Waals surface area contributed by atoms with E-state index < -0.39 is 18.0 Å². The van der Waals surface area contributed by atoms with Crippen LogP contribution in [0.25, 0.3) is 10.9 Å². The number of carbonyl (C=O) groups is 3. The number of hydrogen-bond donors (Lipinski definition) is 3. The van der Waals surface area contributed by atoms with E-state index in [1.807, 2.05) is 67.6 Å². The summed E-state index contributed by atoms with van der Waals surface area (Å²) in [6, 6.07) is 17.5. The lowest BCUT2D eigenvalue weighted by molar-refractivity contribution is -0.134. The SMILES string of the molecule is CCCCCCCC(C)C(=O)N[C@@H](Cc1ccc2ncccc2c1)C(=O)N[C@@H](COCc1ccccc1)C(=O)NC. The first-order chi connectivity index (χ1) is 19.9. The summed E-state index contributed by atoms with van der Waals surface area (Å²) in [5, 5.41) is 9.34. The lowest BCUT2D eigenvalue weighted by atomic mass is 9.99. The van der Waals surface area contributed by atoms with Gasteiger partial charge in [0.1, 0.15) is 12.1 Å². The highest BCUT2D eigenvalue weighted by Crippen LogP contribution is 2.16. The molecule has 3 amide bonds. The highest BCUT2D eigenvalue weighted by molar-refractivity contribution is 5.92. The monoisotopic (exact) mass is 560 g/mol. The first kappa shape index (κ1) is 31.7. The number of hydrogen-bond acceptors (Lipinski definition) is 5. The Balaban J connectivity index is 1.70. The number of fused-ring (bicyclic) bond motifs is 1. The Morgan fingerprint density at radius 3 is 2.34 bits per heavy atom. The number of rotatable bonds is 17. The number of benzene rings is 2. The zero-order chi connectivity index (χ0) is 29.5. The molecule has 8 nitrogen and oxygen atoms in total. The van der Waals surface area contributed by atoms with Crippen molar-refractivity contribution in [3.63, 3.8) is 0 Å². The number of carbonyl (C=O) groups excluding carboxylic acids is 3. The molecule has 0 bridgehead atoms. The molecule has 0 aliphatic carbocycles. The lowest BCUT2D eigenvalue weighted by Crippen LogP contribution is -2.56. The molecule has 0 spiro atoms. The maximum absolute atomic E-state index is 13.6. The average Bonchev–Trinajstić information content (AvgIpc) is 2.99. The molecule has 2 aromatic carbocycles. The van der Waals surface area contributed by atoms with Crippen LogP contribution in [0.5, 0.6) is 0 Å². The minimum absolute atomic E-state index is 0.00319. The van der Waals surface area contributed by atoms with Gasteiger partial charge in [0.2, 0.25) is 17.7 Å². The Labute approximate surface area is 243 Å². The third kappa shape index (κ3) is 10.6. The van der Waals surface area contributed by atoms with Crippen molar-refractivity contribution in [2.24, 2.45) is 5.92 Å². The smallest absolute Gasteiger partial charge is 0.244 e. The van der Waals surface area contributed by atoms with Crippen LogP contribution in [-0.4, -0.2) is 48.4 Å². The molecule has 1 aromatic heterocycles. The summed E-state index contributed by atoms with van der Waals surface area (Å²) < 4.78 is 5.77. The molecule has 220 valence electrons. The van der Waals surface area contributed by atoms with Crippen molar-refractivity contribution in [1.29, 1.82) is 0 Å². The van der Waals surface area contributed by atoms with Gasteiger partial charge in [0, 0.05) is 31.0 Å². The molecule has 0 saturated heterocycles. The van der Waals surface area contributed by atoms with E-state index in [9.17, 15) is 14.4 Å². The second-order valence-corrected chi connectivity index (χ2v) is 10.6. The van der Waals surface area contributed by atoms with E-state index in [1.54, 1.807) is 6.20 Å². The minimum Gasteiger partial charge on any atom is -0.374 e. The number of nitrogens with zero attached hydrogens (tertiary/aromatic N) is 1. The molecule has 1 unspecified atom stereocenters. The van der Waals surface area contributed by atoms with Gasteiger partial charge in [-0.15, -0.1) is 0 Å². The number of unbranched alkanes of at least 4 members (excludes halogenated alkanes) is 4. The van der Waals surface area contributed by atoms with Gasteiger partial charge in [0.15, 0.2) is 0 Å². The van der Waals surface area contributed by atoms with E-state index in [-0.39, 0.29) is 30.8 Å². The number of ether oxygens (including phenoxy) is 1. The Hall–Kier alpha value is -3.78. The Morgan fingerprint density at radius 1 is 0.829 bits per heavy atom. The van der Waals surface area contributed by atoms with Crippen LogP contribution in [-0.2, 0) is 32.1 Å². The topological polar surface area (TPSA) is 109 Å². The molecule has 1 heterocycles. The second kappa shape index (κ2) is 17.1. The molecule has 0 fully saturated rings. The quantitative estimate of drug-likeness (QED) is 0.207. The molecule has 0 saturated carbocycles. The fraction of sp³-hybridized carbons (Fsp3) is 0.455. The average molecular weight is 561 g/mol. The summed E-state index contributed by atoms with van der Waals surface area (Å²) in [7, 11) is 1.52. The fourth-order valence-electron chi connectivity index (χ4n) is 4.69. The number of pyridine rings is 1. The highest BCUT2D eigenvalue weighted by atomic mass is 16.5. The molecule has 0 aliphatic rings. The van der Waals surface area contributed by atoms with Crippen molar-refractivity contribution in [2.45, 2.75) is 77.5 Å². The molecule has 3 aromatic rings. The van der Waals surface area contributed by atoms with Crippen LogP contribution >= 0.6 is 0 Å². The maximum atomic E-state index is 13.6. The Bertz CT molecular complexity index is 1250. The number of nitrogens with one attached hydrogen (secondary N) is 3. The standard InChI is InChI=1S/C33H44N4O4/c1-4-5-6-7-9-13-24(2)31(38)36-29(21-26-17-18-28-27(20-26)16-12-19-35-28)33(40)37-30(32(39)34-3)23-41-22-25-14-10-8-11-15-25/h8,10-12,14-20,24,29-30H,4-7,9,13,21-23H2,1-3H3,(H,34,39)(H,36,38)(H,37,40)/t24?,29-,30-/m0/s1. The predicted octanol–water partition coefficient (Wildman–Crippen LogP) is 4.71. The van der Waals surface area contributed by atoms with Crippen LogP contribution in [0.4, 0.5) is 0 Å². The van der Waals surface area contributed by atoms with E-state index in [0.717, 1.165) is 41.3 Å². The van der Waals surface area contributed by atoms with Crippen LogP contribution < -0.4 is 16.0 Å². The van der Waals surface area contributed by atoms with Crippen molar-refractivity contribution in [2.75, 3.05) is 13.7 Å². The fourth-order valence-corrected chi connectivity index (χ4v) is 4.69. The van der Waals surface area contributed by atoms with Gasteiger partial charge in [-0.2, -0.15) is 0 Å². The molecule has 3 N–H and O–H groups in total. The number of likely N-dealkylation sites (N-methyl/N-ethyl adjacent to an activating group) is 1. The zero-order valence-corrected chi connectivity index (χ0v) is 24.5. The van der Waals surface area contributed by atoms with Gasteiger partial charge in [-0.05, 0) is 35.7 Å². The van der Waals surface area contributed by atoms with E-state index in [0.29, 0.717) is 6.61 Å². The Morgan fingerprint density at radius 2 is 1.59 bits per heavy atom. The molecular formula is C33H44N4O4. The van der Waals surface area contributed by atoms with Gasteiger partial charge >= 0.3 is 0 Å². The normalized spacial score (nSPS) is 13.2. The van der Waals surface area contributed by atoms with Crippen molar-refractivity contribution >= 4 is 28.6 Å². The number of amides is 3. The van der Waals surface area contributed by atoms with Crippen LogP contribution in [0.2, 0.25) is 0 Å². The Kier molecular flexibility index (Phi) is 13.3. The molecule has 3 rings (SSSR count). The van der Waals surface area contributed by atoms with Gasteiger partial charge in [0.05, 0.1) is 18.7 Å². The summed E-state index contributed by atoms with van der Waals surface area (Å²) in [6.07, 6.45) is 8.38. The largest absolute Gasteiger partial charge is 0.374 e. The zero-order valence-electron chi connectivity index (χ0n) is 24.5. The summed E-state index contributed by atoms with van der Waals surface area (Å²) in [5.41, 5.74) is 2.71. The van der Waals surface area contributed by atoms with Crippen molar-refractivity contribution in [1.82, 2.24) is 20.9 Å². The van der Waals surface area contributed by atoms with Crippen LogP contribution in [0.1, 0.15) is 63.5 Å². The van der Waals surface area contributed by atoms with Gasteiger partial charge in [-0.1, -0.05) is 88.4 Å². The molecule has 0 aliphatic heterocycles. The van der Waals surface area contributed by atoms with Gasteiger partial charge in [0.25, 0.3) is 0 Å². The third-order valence-corrected chi connectivity index (χ3v) is 7.20. The predicted molar refractivity (Wildman–Crippen MR) is 162 cm³/mol. The van der Waals surface area contributed by atoms with E-state index in [2.05, 4.69) is 27.9 Å². The van der Waals surface area contributed by atoms with Crippen LogP contribution in [0.3, 0.4) is 0 Å². The summed E-state index contributed by atoms with van der Waals surface area (Å²) in [6.45, 7) is 4.38. The molecular weight excluding hydrogens is 516 g/mol. The third-order valence-electron chi connectivity index (χ3n) is 7.20. The highest BCUT2D eigenvalue weighted by Gasteiger charge is 2.28. The van der Waals surface area contributed by atoms with Crippen molar-refractivity contribution in [3.05, 3.63) is 78.0 Å².